The molecule has 0 fully saturated rings. The van der Waals surface area contributed by atoms with Crippen LogP contribution in [-0.2, 0) is 20.0 Å². The minimum atomic E-state index is 0.953. The van der Waals surface area contributed by atoms with Crippen LogP contribution in [0.4, 0.5) is 5.69 Å². The summed E-state index contributed by atoms with van der Waals surface area (Å²) in [5.74, 6) is 0. The van der Waals surface area contributed by atoms with Crippen molar-refractivity contribution in [2.75, 3.05) is 11.4 Å². The lowest BCUT2D eigenvalue weighted by atomic mass is 9.92. The van der Waals surface area contributed by atoms with Gasteiger partial charge in [0.05, 0.1) is 10.7 Å². The Kier molecular flexibility index (Phi) is 5.47. The van der Waals surface area contributed by atoms with E-state index < -0.39 is 0 Å². The van der Waals surface area contributed by atoms with Crippen LogP contribution >= 0.6 is 23.1 Å². The molecule has 0 unspecified atom stereocenters. The monoisotopic (exact) mass is 482 g/mol. The fraction of sp³-hybridized carbons (Fsp3) is 0.207. The second kappa shape index (κ2) is 8.64. The van der Waals surface area contributed by atoms with Crippen LogP contribution in [0.5, 0.6) is 0 Å². The molecule has 6 rings (SSSR count). The van der Waals surface area contributed by atoms with Gasteiger partial charge in [0, 0.05) is 54.5 Å². The van der Waals surface area contributed by atoms with E-state index in [0.717, 1.165) is 19.5 Å². The highest BCUT2D eigenvalue weighted by Gasteiger charge is 2.26. The number of fused-ring (bicyclic) bond motifs is 3. The molecule has 0 saturated carbocycles. The molecule has 3 heterocycles. The normalized spacial score (nSPS) is 17.5. The summed E-state index contributed by atoms with van der Waals surface area (Å²) < 4.78 is 6.05. The minimum Gasteiger partial charge on any atom is -0.354 e. The quantitative estimate of drug-likeness (QED) is 0.289. The maximum absolute atomic E-state index is 2.43. The summed E-state index contributed by atoms with van der Waals surface area (Å²) in [7, 11) is 2.16. The number of hydrogen-bond acceptors (Lipinski definition) is 3. The number of para-hydroxylation sites is 2. The Morgan fingerprint density at radius 1 is 1.00 bits per heavy atom. The lowest BCUT2D eigenvalue weighted by Crippen LogP contribution is -2.33. The van der Waals surface area contributed by atoms with Crippen molar-refractivity contribution in [1.82, 2.24) is 4.57 Å². The average molecular weight is 483 g/mol. The molecule has 3 nitrogen and oxygen atoms in total. The van der Waals surface area contributed by atoms with Crippen molar-refractivity contribution in [2.45, 2.75) is 31.7 Å². The van der Waals surface area contributed by atoms with E-state index in [1.807, 2.05) is 23.1 Å². The van der Waals surface area contributed by atoms with E-state index in [1.54, 1.807) is 0 Å². The maximum Gasteiger partial charge on any atom is 0.263 e. The number of nitrogens with zero attached hydrogens (tertiary/aromatic N) is 3. The Balaban J connectivity index is 1.46. The number of hydrogen-bond donors (Lipinski definition) is 0. The van der Waals surface area contributed by atoms with E-state index in [9.17, 15) is 0 Å². The predicted molar refractivity (Wildman–Crippen MR) is 146 cm³/mol. The van der Waals surface area contributed by atoms with Crippen molar-refractivity contribution in [3.63, 3.8) is 0 Å². The Labute approximate surface area is 209 Å². The molecule has 0 bridgehead atoms. The molecule has 4 aromatic rings. The summed E-state index contributed by atoms with van der Waals surface area (Å²) in [4.78, 5) is 3.78. The van der Waals surface area contributed by atoms with Crippen LogP contribution < -0.4 is 9.47 Å². The molecule has 0 saturated heterocycles. The van der Waals surface area contributed by atoms with Crippen molar-refractivity contribution in [3.8, 4) is 0 Å². The SMILES string of the molecule is CCN1/C(=C/C2=CC(=C/c3sc4ccccc4[n+]3CC)/c3ccn(C)c3C2)Sc2ccccc21. The predicted octanol–water partition coefficient (Wildman–Crippen LogP) is 7.04. The summed E-state index contributed by atoms with van der Waals surface area (Å²) in [6, 6.07) is 19.7. The van der Waals surface area contributed by atoms with E-state index in [0.29, 0.717) is 0 Å². The number of aromatic nitrogens is 2. The highest BCUT2D eigenvalue weighted by atomic mass is 32.2. The van der Waals surface area contributed by atoms with Gasteiger partial charge in [-0.2, -0.15) is 4.57 Å². The lowest BCUT2D eigenvalue weighted by Gasteiger charge is -2.20. The molecule has 0 N–H and O–H groups in total. The fourth-order valence-electron chi connectivity index (χ4n) is 5.04. The van der Waals surface area contributed by atoms with Crippen molar-refractivity contribution < 1.29 is 4.57 Å². The van der Waals surface area contributed by atoms with E-state index >= 15 is 0 Å². The Hall–Kier alpha value is -3.02. The standard InChI is InChI=1S/C29H28N3S2/c1-4-31-23-10-6-8-12-26(23)33-28(31)18-20-16-21(22-14-15-30(3)25(22)17-20)19-29-32(5-2)24-11-7-9-13-27(24)34-29/h6-16,18-19H,4-5,17H2,1-3H3/q+1. The van der Waals surface area contributed by atoms with Crippen LogP contribution in [0, 0.1) is 0 Å². The molecule has 5 heteroatoms. The molecule has 0 atom stereocenters. The summed E-state index contributed by atoms with van der Waals surface area (Å²) in [6.45, 7) is 6.40. The molecule has 1 aliphatic heterocycles. The third kappa shape index (κ3) is 3.55. The largest absolute Gasteiger partial charge is 0.354 e. The second-order valence-electron chi connectivity index (χ2n) is 8.73. The van der Waals surface area contributed by atoms with Gasteiger partial charge in [-0.25, -0.2) is 0 Å². The average Bonchev–Trinajstić information content (AvgIpc) is 3.51. The number of benzene rings is 2. The summed E-state index contributed by atoms with van der Waals surface area (Å²) >= 11 is 3.76. The zero-order valence-electron chi connectivity index (χ0n) is 19.8. The topological polar surface area (TPSA) is 12.1 Å². The van der Waals surface area contributed by atoms with Gasteiger partial charge < -0.3 is 9.47 Å². The number of aryl methyl sites for hydroxylation is 2. The molecule has 0 radical (unpaired) electrons. The van der Waals surface area contributed by atoms with E-state index in [-0.39, 0.29) is 0 Å². The molecule has 0 amide bonds. The van der Waals surface area contributed by atoms with E-state index in [4.69, 9.17) is 0 Å². The molecular formula is C29H28N3S2+. The van der Waals surface area contributed by atoms with Crippen LogP contribution in [0.25, 0.3) is 21.9 Å². The Morgan fingerprint density at radius 2 is 1.82 bits per heavy atom. The molecule has 2 aromatic heterocycles. The van der Waals surface area contributed by atoms with Gasteiger partial charge in [0.15, 0.2) is 0 Å². The van der Waals surface area contributed by atoms with Gasteiger partial charge in [-0.05, 0) is 55.3 Å². The third-order valence-corrected chi connectivity index (χ3v) is 8.94. The summed E-state index contributed by atoms with van der Waals surface area (Å²) in [5.41, 5.74) is 8.02. The summed E-state index contributed by atoms with van der Waals surface area (Å²) in [6.07, 6.45) is 10.3. The molecule has 0 spiro atoms. The molecule has 2 aromatic carbocycles. The molecular weight excluding hydrogens is 454 g/mol. The number of thioether (sulfide) groups is 1. The molecule has 2 aliphatic rings. The molecule has 1 aliphatic carbocycles. The van der Waals surface area contributed by atoms with Gasteiger partial charge in [0.25, 0.3) is 5.01 Å². The first-order valence-electron chi connectivity index (χ1n) is 11.9. The second-order valence-corrected chi connectivity index (χ2v) is 10.9. The highest BCUT2D eigenvalue weighted by molar-refractivity contribution is 8.03. The number of allylic oxidation sites excluding steroid dienone is 4. The number of rotatable bonds is 4. The van der Waals surface area contributed by atoms with Gasteiger partial charge in [0.2, 0.25) is 5.52 Å². The Bertz CT molecular complexity index is 1500. The first-order valence-corrected chi connectivity index (χ1v) is 13.5. The Morgan fingerprint density at radius 3 is 2.68 bits per heavy atom. The van der Waals surface area contributed by atoms with Gasteiger partial charge in [-0.3, -0.25) is 0 Å². The zero-order chi connectivity index (χ0) is 23.2. The number of thiazole rings is 1. The van der Waals surface area contributed by atoms with E-state index in [1.165, 1.54) is 53.2 Å². The van der Waals surface area contributed by atoms with E-state index in [2.05, 4.69) is 114 Å². The van der Waals surface area contributed by atoms with Crippen LogP contribution in [0.15, 0.2) is 88.4 Å². The van der Waals surface area contributed by atoms with Crippen molar-refractivity contribution in [3.05, 3.63) is 99.8 Å². The van der Waals surface area contributed by atoms with Crippen LogP contribution in [0.2, 0.25) is 0 Å². The lowest BCUT2D eigenvalue weighted by molar-refractivity contribution is -0.665. The maximum atomic E-state index is 2.43. The number of anilines is 1. The van der Waals surface area contributed by atoms with Crippen LogP contribution in [0.1, 0.15) is 30.1 Å². The smallest absolute Gasteiger partial charge is 0.263 e. The fourth-order valence-corrected chi connectivity index (χ4v) is 7.42. The van der Waals surface area contributed by atoms with Gasteiger partial charge in [0.1, 0.15) is 11.2 Å². The minimum absolute atomic E-state index is 0.953. The highest BCUT2D eigenvalue weighted by Crippen LogP contribution is 2.46. The first-order chi connectivity index (χ1) is 16.7. The van der Waals surface area contributed by atoms with Gasteiger partial charge >= 0.3 is 0 Å². The zero-order valence-corrected chi connectivity index (χ0v) is 21.4. The van der Waals surface area contributed by atoms with Gasteiger partial charge in [-0.1, -0.05) is 53.4 Å². The molecule has 170 valence electrons. The van der Waals surface area contributed by atoms with Crippen LogP contribution in [0.3, 0.4) is 0 Å². The summed E-state index contributed by atoms with van der Waals surface area (Å²) in [5, 5.41) is 2.62. The first kappa shape index (κ1) is 21.5. The van der Waals surface area contributed by atoms with Crippen molar-refractivity contribution >= 4 is 50.7 Å². The molecule has 34 heavy (non-hydrogen) atoms. The van der Waals surface area contributed by atoms with Gasteiger partial charge in [-0.15, -0.1) is 0 Å². The van der Waals surface area contributed by atoms with Crippen LogP contribution in [-0.4, -0.2) is 11.1 Å². The van der Waals surface area contributed by atoms with Crippen molar-refractivity contribution in [1.29, 1.82) is 0 Å². The third-order valence-electron chi connectivity index (χ3n) is 6.72. The van der Waals surface area contributed by atoms with Crippen molar-refractivity contribution in [2.24, 2.45) is 7.05 Å².